The number of rotatable bonds is 5. The van der Waals surface area contributed by atoms with Gasteiger partial charge < -0.3 is 15.8 Å². The molecule has 6 nitrogen and oxygen atoms in total. The third kappa shape index (κ3) is 5.18. The fourth-order valence-corrected chi connectivity index (χ4v) is 1.91. The molecule has 3 N–H and O–H groups in total. The number of carbonyl (C=O) groups is 2. The Labute approximate surface area is 135 Å². The SMILES string of the molecule is CC(C)[C@H](Nc1ncc(C(N)=O)cc1Cl)C(=O)OC(C)(C)C. The maximum Gasteiger partial charge on any atom is 0.329 e. The average molecular weight is 328 g/mol. The van der Waals surface area contributed by atoms with Crippen molar-refractivity contribution < 1.29 is 14.3 Å². The van der Waals surface area contributed by atoms with Crippen molar-refractivity contribution in [1.82, 2.24) is 4.98 Å². The van der Waals surface area contributed by atoms with E-state index in [1.54, 1.807) is 20.8 Å². The van der Waals surface area contributed by atoms with Crippen molar-refractivity contribution in [2.24, 2.45) is 11.7 Å². The van der Waals surface area contributed by atoms with E-state index in [9.17, 15) is 9.59 Å². The Bertz CT molecular complexity index is 568. The maximum absolute atomic E-state index is 12.3. The van der Waals surface area contributed by atoms with E-state index >= 15 is 0 Å². The van der Waals surface area contributed by atoms with E-state index in [0.717, 1.165) is 0 Å². The van der Waals surface area contributed by atoms with Crippen LogP contribution in [0.4, 0.5) is 5.82 Å². The summed E-state index contributed by atoms with van der Waals surface area (Å²) in [6.45, 7) is 9.17. The van der Waals surface area contributed by atoms with Crippen molar-refractivity contribution in [3.05, 3.63) is 22.8 Å². The molecule has 1 atom stereocenters. The highest BCUT2D eigenvalue weighted by Crippen LogP contribution is 2.23. The second-order valence-electron chi connectivity index (χ2n) is 6.32. The topological polar surface area (TPSA) is 94.3 Å². The third-order valence-electron chi connectivity index (χ3n) is 2.75. The molecular weight excluding hydrogens is 306 g/mol. The zero-order chi connectivity index (χ0) is 17.1. The van der Waals surface area contributed by atoms with Gasteiger partial charge in [-0.05, 0) is 32.8 Å². The zero-order valence-electron chi connectivity index (χ0n) is 13.4. The highest BCUT2D eigenvalue weighted by Gasteiger charge is 2.28. The standard InChI is InChI=1S/C15H22ClN3O3/c1-8(2)11(14(21)22-15(3,4)5)19-13-10(16)6-9(7-18-13)12(17)20/h6-8,11H,1-5H3,(H2,17,20)(H,18,19)/t11-/m0/s1. The molecule has 0 saturated carbocycles. The Morgan fingerprint density at radius 3 is 2.36 bits per heavy atom. The summed E-state index contributed by atoms with van der Waals surface area (Å²) in [6.07, 6.45) is 1.31. The average Bonchev–Trinajstić information content (AvgIpc) is 2.34. The number of nitrogens with one attached hydrogen (secondary N) is 1. The fraction of sp³-hybridized carbons (Fsp3) is 0.533. The van der Waals surface area contributed by atoms with Gasteiger partial charge in [-0.1, -0.05) is 25.4 Å². The number of primary amides is 1. The number of aromatic nitrogens is 1. The van der Waals surface area contributed by atoms with Crippen LogP contribution in [0.2, 0.25) is 5.02 Å². The Morgan fingerprint density at radius 1 is 1.36 bits per heavy atom. The first-order chi connectivity index (χ1) is 10.0. The predicted octanol–water partition coefficient (Wildman–Crippen LogP) is 2.61. The van der Waals surface area contributed by atoms with E-state index in [1.165, 1.54) is 12.3 Å². The number of carbonyl (C=O) groups excluding carboxylic acids is 2. The molecule has 0 aliphatic rings. The molecular formula is C15H22ClN3O3. The summed E-state index contributed by atoms with van der Waals surface area (Å²) in [6, 6.07) is 0.801. The third-order valence-corrected chi connectivity index (χ3v) is 3.03. The van der Waals surface area contributed by atoms with Gasteiger partial charge in [0.25, 0.3) is 0 Å². The molecule has 1 aromatic heterocycles. The van der Waals surface area contributed by atoms with Gasteiger partial charge in [0.05, 0.1) is 10.6 Å². The minimum atomic E-state index is -0.617. The lowest BCUT2D eigenvalue weighted by atomic mass is 10.0. The van der Waals surface area contributed by atoms with Crippen molar-refractivity contribution >= 4 is 29.3 Å². The Kier molecular flexibility index (Phi) is 5.77. The van der Waals surface area contributed by atoms with Gasteiger partial charge in [-0.25, -0.2) is 9.78 Å². The number of nitrogens with two attached hydrogens (primary N) is 1. The molecule has 0 aliphatic carbocycles. The zero-order valence-corrected chi connectivity index (χ0v) is 14.2. The molecule has 1 heterocycles. The van der Waals surface area contributed by atoms with Crippen molar-refractivity contribution in [1.29, 1.82) is 0 Å². The molecule has 0 bridgehead atoms. The number of hydrogen-bond acceptors (Lipinski definition) is 5. The summed E-state index contributed by atoms with van der Waals surface area (Å²) in [5, 5.41) is 3.18. The molecule has 0 saturated heterocycles. The molecule has 0 fully saturated rings. The van der Waals surface area contributed by atoms with Crippen molar-refractivity contribution in [3.8, 4) is 0 Å². The Hall–Kier alpha value is -1.82. The number of esters is 1. The monoisotopic (exact) mass is 327 g/mol. The lowest BCUT2D eigenvalue weighted by Gasteiger charge is -2.27. The smallest absolute Gasteiger partial charge is 0.329 e. The lowest BCUT2D eigenvalue weighted by molar-refractivity contribution is -0.156. The summed E-state index contributed by atoms with van der Waals surface area (Å²) in [4.78, 5) is 27.4. The van der Waals surface area contributed by atoms with E-state index in [1.807, 2.05) is 13.8 Å². The molecule has 1 amide bonds. The van der Waals surface area contributed by atoms with Gasteiger partial charge in [0.2, 0.25) is 5.91 Å². The van der Waals surface area contributed by atoms with E-state index < -0.39 is 17.6 Å². The van der Waals surface area contributed by atoms with E-state index in [2.05, 4.69) is 10.3 Å². The quantitative estimate of drug-likeness (QED) is 0.811. The summed E-state index contributed by atoms with van der Waals surface area (Å²) < 4.78 is 5.39. The van der Waals surface area contributed by atoms with Crippen molar-refractivity contribution in [2.75, 3.05) is 5.32 Å². The number of amides is 1. The summed E-state index contributed by atoms with van der Waals surface area (Å²) >= 11 is 6.08. The first-order valence-corrected chi connectivity index (χ1v) is 7.34. The predicted molar refractivity (Wildman–Crippen MR) is 85.9 cm³/mol. The van der Waals surface area contributed by atoms with Crippen LogP contribution >= 0.6 is 11.6 Å². The van der Waals surface area contributed by atoms with Crippen LogP contribution in [-0.4, -0.2) is 28.5 Å². The van der Waals surface area contributed by atoms with Gasteiger partial charge in [0, 0.05) is 6.20 Å². The molecule has 0 unspecified atom stereocenters. The Morgan fingerprint density at radius 2 is 1.95 bits per heavy atom. The molecule has 0 spiro atoms. The molecule has 0 aromatic carbocycles. The van der Waals surface area contributed by atoms with Crippen LogP contribution in [0.1, 0.15) is 45.0 Å². The largest absolute Gasteiger partial charge is 0.458 e. The molecule has 7 heteroatoms. The van der Waals surface area contributed by atoms with Gasteiger partial charge in [-0.2, -0.15) is 0 Å². The van der Waals surface area contributed by atoms with E-state index in [0.29, 0.717) is 5.82 Å². The maximum atomic E-state index is 12.3. The van der Waals surface area contributed by atoms with Gasteiger partial charge in [-0.3, -0.25) is 4.79 Å². The second kappa shape index (κ2) is 6.96. The lowest BCUT2D eigenvalue weighted by Crippen LogP contribution is -2.40. The Balaban J connectivity index is 2.97. The fourth-order valence-electron chi connectivity index (χ4n) is 1.69. The van der Waals surface area contributed by atoms with Crippen molar-refractivity contribution in [2.45, 2.75) is 46.3 Å². The summed E-state index contributed by atoms with van der Waals surface area (Å²) in [5.41, 5.74) is 4.79. The number of anilines is 1. The second-order valence-corrected chi connectivity index (χ2v) is 6.73. The van der Waals surface area contributed by atoms with Gasteiger partial charge in [-0.15, -0.1) is 0 Å². The van der Waals surface area contributed by atoms with Crippen LogP contribution in [0.5, 0.6) is 0 Å². The number of pyridine rings is 1. The first kappa shape index (κ1) is 18.2. The molecule has 122 valence electrons. The van der Waals surface area contributed by atoms with Gasteiger partial charge >= 0.3 is 5.97 Å². The van der Waals surface area contributed by atoms with Crippen LogP contribution in [0.15, 0.2) is 12.3 Å². The number of nitrogens with zero attached hydrogens (tertiary/aromatic N) is 1. The highest BCUT2D eigenvalue weighted by atomic mass is 35.5. The molecule has 1 aromatic rings. The number of ether oxygens (including phenoxy) is 1. The van der Waals surface area contributed by atoms with Crippen LogP contribution in [0.3, 0.4) is 0 Å². The van der Waals surface area contributed by atoms with Crippen molar-refractivity contribution in [3.63, 3.8) is 0 Å². The van der Waals surface area contributed by atoms with E-state index in [-0.39, 0.29) is 22.5 Å². The molecule has 22 heavy (non-hydrogen) atoms. The van der Waals surface area contributed by atoms with Crippen LogP contribution in [0, 0.1) is 5.92 Å². The molecule has 1 rings (SSSR count). The minimum Gasteiger partial charge on any atom is -0.458 e. The minimum absolute atomic E-state index is 0.0384. The van der Waals surface area contributed by atoms with E-state index in [4.69, 9.17) is 22.1 Å². The number of halogens is 1. The molecule has 0 aliphatic heterocycles. The number of hydrogen-bond donors (Lipinski definition) is 2. The first-order valence-electron chi connectivity index (χ1n) is 6.96. The van der Waals surface area contributed by atoms with Crippen LogP contribution in [0.25, 0.3) is 0 Å². The van der Waals surface area contributed by atoms with Gasteiger partial charge in [0.15, 0.2) is 0 Å². The molecule has 0 radical (unpaired) electrons. The summed E-state index contributed by atoms with van der Waals surface area (Å²) in [5.74, 6) is -0.743. The normalized spacial score (nSPS) is 12.9. The van der Waals surface area contributed by atoms with Gasteiger partial charge in [0.1, 0.15) is 17.5 Å². The van der Waals surface area contributed by atoms with Crippen LogP contribution < -0.4 is 11.1 Å². The summed E-state index contributed by atoms with van der Waals surface area (Å²) in [7, 11) is 0. The highest BCUT2D eigenvalue weighted by molar-refractivity contribution is 6.33. The van der Waals surface area contributed by atoms with Crippen LogP contribution in [-0.2, 0) is 9.53 Å².